The van der Waals surface area contributed by atoms with E-state index in [1.165, 1.54) is 25.7 Å². The second-order valence-electron chi connectivity index (χ2n) is 4.56. The molecule has 0 aromatic rings. The molecular formula is C10H15NO. The number of hydrogen-bond donors (Lipinski definition) is 0. The number of nitrogens with zero attached hydrogens (tertiary/aromatic N) is 1. The topological polar surface area (TPSA) is 20.3 Å². The van der Waals surface area contributed by atoms with Crippen LogP contribution in [0.4, 0.5) is 0 Å². The number of likely N-dealkylation sites (tertiary alicyclic amines) is 1. The van der Waals surface area contributed by atoms with Crippen molar-refractivity contribution in [1.29, 1.82) is 0 Å². The smallest absolute Gasteiger partial charge is 0.141 e. The fraction of sp³-hybridized carbons (Fsp3) is 0.900. The van der Waals surface area contributed by atoms with Gasteiger partial charge in [-0.15, -0.1) is 0 Å². The van der Waals surface area contributed by atoms with E-state index in [1.807, 2.05) is 0 Å². The largest absolute Gasteiger partial charge is 0.299 e. The average Bonchev–Trinajstić information content (AvgIpc) is 2.87. The van der Waals surface area contributed by atoms with Gasteiger partial charge in [0.25, 0.3) is 0 Å². The van der Waals surface area contributed by atoms with Gasteiger partial charge in [0.15, 0.2) is 0 Å². The normalized spacial score (nSPS) is 42.2. The number of carbonyl (C=O) groups excluding carboxylic acids is 1. The van der Waals surface area contributed by atoms with Crippen LogP contribution in [0.25, 0.3) is 0 Å². The molecule has 2 atom stereocenters. The van der Waals surface area contributed by atoms with E-state index in [4.69, 9.17) is 0 Å². The molecule has 2 saturated carbocycles. The second kappa shape index (κ2) is 2.32. The van der Waals surface area contributed by atoms with Gasteiger partial charge in [-0.05, 0) is 25.7 Å². The number of hydrogen-bond acceptors (Lipinski definition) is 2. The summed E-state index contributed by atoms with van der Waals surface area (Å²) in [5, 5.41) is 0. The number of rotatable bonds is 1. The van der Waals surface area contributed by atoms with E-state index in [2.05, 4.69) is 4.90 Å². The summed E-state index contributed by atoms with van der Waals surface area (Å²) in [6, 6.07) is 0.862. The molecule has 0 spiro atoms. The molecule has 2 nitrogen and oxygen atoms in total. The van der Waals surface area contributed by atoms with Crippen molar-refractivity contribution in [2.24, 2.45) is 11.8 Å². The lowest BCUT2D eigenvalue weighted by atomic mass is 9.97. The fourth-order valence-electron chi connectivity index (χ4n) is 2.76. The zero-order valence-electron chi connectivity index (χ0n) is 7.33. The van der Waals surface area contributed by atoms with E-state index in [-0.39, 0.29) is 0 Å². The number of carbonyl (C=O) groups is 1. The molecule has 12 heavy (non-hydrogen) atoms. The van der Waals surface area contributed by atoms with Crippen LogP contribution in [0.2, 0.25) is 0 Å². The van der Waals surface area contributed by atoms with Crippen molar-refractivity contribution in [1.82, 2.24) is 4.90 Å². The standard InChI is InChI=1S/C10H15NO/c12-10-7-1-2-8(10)6-11(5-7)9-3-4-9/h7-9H,1-6H2/t7-,8+. The van der Waals surface area contributed by atoms with E-state index < -0.39 is 0 Å². The van der Waals surface area contributed by atoms with Gasteiger partial charge in [0, 0.05) is 31.0 Å². The van der Waals surface area contributed by atoms with Crippen LogP contribution in [0.3, 0.4) is 0 Å². The molecule has 3 fully saturated rings. The lowest BCUT2D eigenvalue weighted by Gasteiger charge is -2.30. The van der Waals surface area contributed by atoms with Gasteiger partial charge in [-0.1, -0.05) is 0 Å². The molecule has 2 heteroatoms. The maximum atomic E-state index is 11.5. The lowest BCUT2D eigenvalue weighted by Crippen LogP contribution is -2.43. The van der Waals surface area contributed by atoms with Gasteiger partial charge in [-0.25, -0.2) is 0 Å². The quantitative estimate of drug-likeness (QED) is 0.579. The molecule has 2 aliphatic carbocycles. The van der Waals surface area contributed by atoms with E-state index >= 15 is 0 Å². The van der Waals surface area contributed by atoms with Crippen molar-refractivity contribution in [3.05, 3.63) is 0 Å². The number of Topliss-reactive ketones (excluding diaryl/α,β-unsaturated/α-hetero) is 1. The predicted octanol–water partition coefficient (Wildman–Crippen LogP) is 1.06. The van der Waals surface area contributed by atoms with Gasteiger partial charge in [0.2, 0.25) is 0 Å². The van der Waals surface area contributed by atoms with Gasteiger partial charge < -0.3 is 0 Å². The maximum absolute atomic E-state index is 11.5. The molecule has 0 unspecified atom stereocenters. The van der Waals surface area contributed by atoms with E-state index in [9.17, 15) is 4.79 Å². The van der Waals surface area contributed by atoms with Crippen molar-refractivity contribution in [3.8, 4) is 0 Å². The van der Waals surface area contributed by atoms with Crippen molar-refractivity contribution >= 4 is 5.78 Å². The van der Waals surface area contributed by atoms with Gasteiger partial charge in [-0.2, -0.15) is 0 Å². The summed E-state index contributed by atoms with van der Waals surface area (Å²) in [4.78, 5) is 14.1. The molecule has 1 aliphatic heterocycles. The minimum atomic E-state index is 0.421. The average molecular weight is 165 g/mol. The fourth-order valence-corrected chi connectivity index (χ4v) is 2.76. The Hall–Kier alpha value is -0.370. The van der Waals surface area contributed by atoms with Gasteiger partial charge in [0.05, 0.1) is 0 Å². The summed E-state index contributed by atoms with van der Waals surface area (Å²) >= 11 is 0. The molecule has 3 aliphatic rings. The molecule has 0 amide bonds. The molecule has 2 bridgehead atoms. The van der Waals surface area contributed by atoms with Crippen LogP contribution in [-0.4, -0.2) is 29.8 Å². The Labute approximate surface area is 72.9 Å². The van der Waals surface area contributed by atoms with Crippen LogP contribution >= 0.6 is 0 Å². The molecule has 3 rings (SSSR count). The first-order valence-corrected chi connectivity index (χ1v) is 5.12. The van der Waals surface area contributed by atoms with Crippen LogP contribution in [0, 0.1) is 11.8 Å². The Balaban J connectivity index is 1.77. The number of piperidine rings is 1. The van der Waals surface area contributed by atoms with Crippen molar-refractivity contribution in [2.75, 3.05) is 13.1 Å². The monoisotopic (exact) mass is 165 g/mol. The first-order valence-electron chi connectivity index (χ1n) is 5.12. The van der Waals surface area contributed by atoms with E-state index in [0.29, 0.717) is 17.6 Å². The first kappa shape index (κ1) is 7.07. The highest BCUT2D eigenvalue weighted by atomic mass is 16.1. The lowest BCUT2D eigenvalue weighted by molar-refractivity contribution is -0.127. The molecular weight excluding hydrogens is 150 g/mol. The van der Waals surface area contributed by atoms with Crippen molar-refractivity contribution in [3.63, 3.8) is 0 Å². The molecule has 0 radical (unpaired) electrons. The summed E-state index contributed by atoms with van der Waals surface area (Å²) in [7, 11) is 0. The van der Waals surface area contributed by atoms with Gasteiger partial charge in [-0.3, -0.25) is 9.69 Å². The predicted molar refractivity (Wildman–Crippen MR) is 45.8 cm³/mol. The SMILES string of the molecule is O=C1[C@@H]2CC[C@H]1CN(C1CC1)C2. The highest BCUT2D eigenvalue weighted by Crippen LogP contribution is 2.38. The molecule has 0 aromatic carbocycles. The van der Waals surface area contributed by atoms with Gasteiger partial charge in [0.1, 0.15) is 5.78 Å². The van der Waals surface area contributed by atoms with Crippen LogP contribution in [-0.2, 0) is 4.79 Å². The Morgan fingerprint density at radius 3 is 2.08 bits per heavy atom. The summed E-state index contributed by atoms with van der Waals surface area (Å²) in [5.41, 5.74) is 0. The van der Waals surface area contributed by atoms with Crippen LogP contribution in [0.1, 0.15) is 25.7 Å². The highest BCUT2D eigenvalue weighted by Gasteiger charge is 2.44. The molecule has 1 saturated heterocycles. The first-order chi connectivity index (χ1) is 5.84. The third-order valence-corrected chi connectivity index (χ3v) is 3.64. The minimum absolute atomic E-state index is 0.421. The van der Waals surface area contributed by atoms with Crippen molar-refractivity contribution in [2.45, 2.75) is 31.7 Å². The Morgan fingerprint density at radius 1 is 1.00 bits per heavy atom. The van der Waals surface area contributed by atoms with Crippen LogP contribution < -0.4 is 0 Å². The minimum Gasteiger partial charge on any atom is -0.299 e. The van der Waals surface area contributed by atoms with E-state index in [1.54, 1.807) is 0 Å². The molecule has 1 heterocycles. The molecule has 0 aromatic heterocycles. The summed E-state index contributed by atoms with van der Waals surface area (Å²) in [6.07, 6.45) is 5.11. The second-order valence-corrected chi connectivity index (χ2v) is 4.56. The number of ketones is 1. The number of fused-ring (bicyclic) bond motifs is 2. The highest BCUT2D eigenvalue weighted by molar-refractivity contribution is 5.86. The molecule has 66 valence electrons. The summed E-state index contributed by atoms with van der Waals surface area (Å²) in [6.45, 7) is 2.17. The van der Waals surface area contributed by atoms with Gasteiger partial charge >= 0.3 is 0 Å². The Kier molecular flexibility index (Phi) is 1.37. The Morgan fingerprint density at radius 2 is 1.58 bits per heavy atom. The maximum Gasteiger partial charge on any atom is 0.141 e. The van der Waals surface area contributed by atoms with Crippen molar-refractivity contribution < 1.29 is 4.79 Å². The van der Waals surface area contributed by atoms with E-state index in [0.717, 1.165) is 19.1 Å². The molecule has 0 N–H and O–H groups in total. The zero-order valence-corrected chi connectivity index (χ0v) is 7.33. The van der Waals surface area contributed by atoms with Crippen LogP contribution in [0.5, 0.6) is 0 Å². The summed E-state index contributed by atoms with van der Waals surface area (Å²) in [5.74, 6) is 1.42. The summed E-state index contributed by atoms with van der Waals surface area (Å²) < 4.78 is 0. The van der Waals surface area contributed by atoms with Crippen LogP contribution in [0.15, 0.2) is 0 Å². The zero-order chi connectivity index (χ0) is 8.13. The Bertz CT molecular complexity index is 206. The third-order valence-electron chi connectivity index (χ3n) is 3.64. The third kappa shape index (κ3) is 0.939.